The normalized spacial score (nSPS) is 17.7. The maximum absolute atomic E-state index is 11.4. The second-order valence-corrected chi connectivity index (χ2v) is 5.75. The molecule has 0 unspecified atom stereocenters. The van der Waals surface area contributed by atoms with Crippen molar-refractivity contribution >= 4 is 5.91 Å². The Kier molecular flexibility index (Phi) is 4.97. The summed E-state index contributed by atoms with van der Waals surface area (Å²) in [5.41, 5.74) is 0.982. The van der Waals surface area contributed by atoms with Crippen molar-refractivity contribution in [3.05, 3.63) is 41.8 Å². The number of hydrogen-bond acceptors (Lipinski definition) is 6. The van der Waals surface area contributed by atoms with Crippen molar-refractivity contribution in [1.29, 1.82) is 0 Å². The van der Waals surface area contributed by atoms with Crippen molar-refractivity contribution in [1.82, 2.24) is 25.3 Å². The zero-order valence-corrected chi connectivity index (χ0v) is 13.2. The minimum Gasteiger partial charge on any atom is -0.352 e. The van der Waals surface area contributed by atoms with E-state index in [-0.39, 0.29) is 11.9 Å². The van der Waals surface area contributed by atoms with E-state index in [9.17, 15) is 4.79 Å². The van der Waals surface area contributed by atoms with Gasteiger partial charge in [0.1, 0.15) is 0 Å². The molecule has 7 nitrogen and oxygen atoms in total. The average molecular weight is 315 g/mol. The fourth-order valence-corrected chi connectivity index (χ4v) is 2.73. The fourth-order valence-electron chi connectivity index (χ4n) is 2.73. The van der Waals surface area contributed by atoms with Crippen LogP contribution < -0.4 is 5.32 Å². The monoisotopic (exact) mass is 315 g/mol. The summed E-state index contributed by atoms with van der Waals surface area (Å²) in [6.07, 6.45) is 3.98. The van der Waals surface area contributed by atoms with Gasteiger partial charge in [-0.1, -0.05) is 18.1 Å². The average Bonchev–Trinajstić information content (AvgIpc) is 3.17. The predicted octanol–water partition coefficient (Wildman–Crippen LogP) is 1.31. The highest BCUT2D eigenvalue weighted by Crippen LogP contribution is 2.13. The molecule has 0 saturated carbocycles. The number of hydrogen-bond donors (Lipinski definition) is 1. The number of rotatable bonds is 7. The smallest absolute Gasteiger partial charge is 0.226 e. The van der Waals surface area contributed by atoms with E-state index in [4.69, 9.17) is 4.52 Å². The molecule has 0 aromatic carbocycles. The third-order valence-electron chi connectivity index (χ3n) is 3.85. The van der Waals surface area contributed by atoms with E-state index in [1.807, 2.05) is 25.1 Å². The quantitative estimate of drug-likeness (QED) is 0.829. The molecule has 7 heteroatoms. The maximum atomic E-state index is 11.4. The summed E-state index contributed by atoms with van der Waals surface area (Å²) in [6, 6.07) is 6.04. The SMILES string of the molecule is CCc1nc(CN(Cc2ccccn2)C[C@@H]2CCC(=O)N2)no1. The van der Waals surface area contributed by atoms with Crippen LogP contribution in [-0.4, -0.2) is 38.5 Å². The Hall–Kier alpha value is -2.28. The Bertz CT molecular complexity index is 643. The summed E-state index contributed by atoms with van der Waals surface area (Å²) in [5.74, 6) is 1.44. The highest BCUT2D eigenvalue weighted by Gasteiger charge is 2.24. The first-order valence-corrected chi connectivity index (χ1v) is 7.96. The summed E-state index contributed by atoms with van der Waals surface area (Å²) in [6.45, 7) is 3.99. The molecule has 0 spiro atoms. The second kappa shape index (κ2) is 7.32. The number of nitrogens with one attached hydrogen (secondary N) is 1. The molecular weight excluding hydrogens is 294 g/mol. The summed E-state index contributed by atoms with van der Waals surface area (Å²) in [7, 11) is 0. The lowest BCUT2D eigenvalue weighted by atomic mass is 10.2. The van der Waals surface area contributed by atoms with Crippen LogP contribution in [0.15, 0.2) is 28.9 Å². The van der Waals surface area contributed by atoms with Crippen molar-refractivity contribution in [3.63, 3.8) is 0 Å². The molecule has 1 N–H and O–H groups in total. The zero-order valence-electron chi connectivity index (χ0n) is 13.2. The van der Waals surface area contributed by atoms with Gasteiger partial charge < -0.3 is 9.84 Å². The van der Waals surface area contributed by atoms with Gasteiger partial charge in [0, 0.05) is 38.2 Å². The van der Waals surface area contributed by atoms with Crippen molar-refractivity contribution in [2.24, 2.45) is 0 Å². The minimum atomic E-state index is 0.126. The highest BCUT2D eigenvalue weighted by atomic mass is 16.5. The summed E-state index contributed by atoms with van der Waals surface area (Å²) >= 11 is 0. The van der Waals surface area contributed by atoms with E-state index in [1.54, 1.807) is 6.20 Å². The number of pyridine rings is 1. The van der Waals surface area contributed by atoms with Crippen LogP contribution in [0.4, 0.5) is 0 Å². The maximum Gasteiger partial charge on any atom is 0.226 e. The van der Waals surface area contributed by atoms with E-state index in [1.165, 1.54) is 0 Å². The third kappa shape index (κ3) is 4.35. The first-order valence-electron chi connectivity index (χ1n) is 7.96. The molecule has 1 atom stereocenters. The Morgan fingerprint density at radius 2 is 2.30 bits per heavy atom. The van der Waals surface area contributed by atoms with Gasteiger partial charge in [0.2, 0.25) is 11.8 Å². The number of carbonyl (C=O) groups excluding carboxylic acids is 1. The Morgan fingerprint density at radius 1 is 1.39 bits per heavy atom. The lowest BCUT2D eigenvalue weighted by molar-refractivity contribution is -0.119. The highest BCUT2D eigenvalue weighted by molar-refractivity contribution is 5.78. The predicted molar refractivity (Wildman–Crippen MR) is 83.2 cm³/mol. The molecule has 1 aliphatic rings. The van der Waals surface area contributed by atoms with Gasteiger partial charge in [-0.15, -0.1) is 0 Å². The third-order valence-corrected chi connectivity index (χ3v) is 3.85. The van der Waals surface area contributed by atoms with Crippen LogP contribution in [0.5, 0.6) is 0 Å². The first-order chi connectivity index (χ1) is 11.2. The van der Waals surface area contributed by atoms with E-state index in [0.29, 0.717) is 31.2 Å². The van der Waals surface area contributed by atoms with E-state index in [2.05, 4.69) is 25.3 Å². The minimum absolute atomic E-state index is 0.126. The number of aryl methyl sites for hydroxylation is 1. The second-order valence-electron chi connectivity index (χ2n) is 5.75. The van der Waals surface area contributed by atoms with Crippen molar-refractivity contribution in [2.45, 2.75) is 45.3 Å². The van der Waals surface area contributed by atoms with Gasteiger partial charge in [-0.25, -0.2) is 0 Å². The van der Waals surface area contributed by atoms with Gasteiger partial charge in [-0.05, 0) is 18.6 Å². The molecule has 0 aliphatic carbocycles. The number of aromatic nitrogens is 3. The van der Waals surface area contributed by atoms with Crippen LogP contribution in [-0.2, 0) is 24.3 Å². The van der Waals surface area contributed by atoms with Crippen molar-refractivity contribution in [2.75, 3.05) is 6.54 Å². The molecule has 1 amide bonds. The van der Waals surface area contributed by atoms with E-state index < -0.39 is 0 Å². The molecule has 1 aliphatic heterocycles. The van der Waals surface area contributed by atoms with Crippen molar-refractivity contribution in [3.8, 4) is 0 Å². The Labute approximate surface area is 135 Å². The van der Waals surface area contributed by atoms with Crippen LogP contribution in [0, 0.1) is 0 Å². The van der Waals surface area contributed by atoms with Gasteiger partial charge in [0.25, 0.3) is 0 Å². The topological polar surface area (TPSA) is 84.2 Å². The van der Waals surface area contributed by atoms with Gasteiger partial charge in [0.15, 0.2) is 5.82 Å². The Balaban J connectivity index is 1.68. The molecule has 1 saturated heterocycles. The molecule has 3 rings (SSSR count). The molecule has 122 valence electrons. The molecule has 0 bridgehead atoms. The number of amides is 1. The zero-order chi connectivity index (χ0) is 16.1. The van der Waals surface area contributed by atoms with Crippen LogP contribution in [0.2, 0.25) is 0 Å². The van der Waals surface area contributed by atoms with Gasteiger partial charge >= 0.3 is 0 Å². The molecule has 0 radical (unpaired) electrons. The lowest BCUT2D eigenvalue weighted by Gasteiger charge is -2.23. The summed E-state index contributed by atoms with van der Waals surface area (Å²) in [5, 5.41) is 7.03. The van der Waals surface area contributed by atoms with Gasteiger partial charge in [-0.3, -0.25) is 14.7 Å². The molecule has 3 heterocycles. The molecule has 1 fully saturated rings. The van der Waals surface area contributed by atoms with Gasteiger partial charge in [-0.2, -0.15) is 4.98 Å². The van der Waals surface area contributed by atoms with Crippen molar-refractivity contribution < 1.29 is 9.32 Å². The standard InChI is InChI=1S/C16H21N5O2/c1-2-16-19-14(20-23-16)11-21(9-12-5-3-4-8-17-12)10-13-6-7-15(22)18-13/h3-5,8,13H,2,6-7,9-11H2,1H3,(H,18,22)/t13-/m0/s1. The number of carbonyl (C=O) groups is 1. The van der Waals surface area contributed by atoms with Crippen LogP contribution in [0.25, 0.3) is 0 Å². The molecular formula is C16H21N5O2. The number of nitrogens with zero attached hydrogens (tertiary/aromatic N) is 4. The largest absolute Gasteiger partial charge is 0.352 e. The first kappa shape index (κ1) is 15.6. The van der Waals surface area contributed by atoms with Gasteiger partial charge in [0.05, 0.1) is 12.2 Å². The van der Waals surface area contributed by atoms with Crippen LogP contribution in [0.1, 0.15) is 37.2 Å². The Morgan fingerprint density at radius 3 is 2.96 bits per heavy atom. The lowest BCUT2D eigenvalue weighted by Crippen LogP contribution is -2.38. The van der Waals surface area contributed by atoms with E-state index in [0.717, 1.165) is 25.1 Å². The van der Waals surface area contributed by atoms with E-state index >= 15 is 0 Å². The molecule has 23 heavy (non-hydrogen) atoms. The molecule has 2 aromatic heterocycles. The molecule has 2 aromatic rings. The fraction of sp³-hybridized carbons (Fsp3) is 0.500. The summed E-state index contributed by atoms with van der Waals surface area (Å²) in [4.78, 5) is 22.4. The summed E-state index contributed by atoms with van der Waals surface area (Å²) < 4.78 is 5.18. The van der Waals surface area contributed by atoms with Crippen LogP contribution in [0.3, 0.4) is 0 Å². The van der Waals surface area contributed by atoms with Crippen LogP contribution >= 0.6 is 0 Å².